The Morgan fingerprint density at radius 2 is 2.04 bits per heavy atom. The molecule has 1 amide bonds. The summed E-state index contributed by atoms with van der Waals surface area (Å²) in [6, 6.07) is 5.62. The maximum Gasteiger partial charge on any atom is 0.286 e. The maximum absolute atomic E-state index is 13.1. The van der Waals surface area contributed by atoms with Crippen molar-refractivity contribution in [2.24, 2.45) is 0 Å². The van der Waals surface area contributed by atoms with Gasteiger partial charge in [-0.15, -0.1) is 10.2 Å². The van der Waals surface area contributed by atoms with Gasteiger partial charge in [0.05, 0.1) is 6.61 Å². The lowest BCUT2D eigenvalue weighted by atomic mass is 10.3. The van der Waals surface area contributed by atoms with Crippen molar-refractivity contribution in [2.45, 2.75) is 19.5 Å². The van der Waals surface area contributed by atoms with Gasteiger partial charge < -0.3 is 15.0 Å². The number of nitrogens with zero attached hydrogens (tertiary/aromatic N) is 4. The molecule has 25 heavy (non-hydrogen) atoms. The summed E-state index contributed by atoms with van der Waals surface area (Å²) in [7, 11) is 1.52. The van der Waals surface area contributed by atoms with E-state index in [1.807, 2.05) is 0 Å². The van der Waals surface area contributed by atoms with Crippen LogP contribution in [0.5, 0.6) is 0 Å². The molecule has 0 aliphatic carbocycles. The van der Waals surface area contributed by atoms with Gasteiger partial charge >= 0.3 is 0 Å². The van der Waals surface area contributed by atoms with E-state index in [9.17, 15) is 14.0 Å². The molecule has 8 nitrogen and oxygen atoms in total. The molecular formula is C16H18FN5O3. The van der Waals surface area contributed by atoms with Gasteiger partial charge in [0, 0.05) is 31.9 Å². The van der Waals surface area contributed by atoms with E-state index < -0.39 is 11.5 Å². The highest BCUT2D eigenvalue weighted by molar-refractivity contribution is 5.92. The first-order valence-corrected chi connectivity index (χ1v) is 7.81. The van der Waals surface area contributed by atoms with Crippen molar-refractivity contribution in [1.29, 1.82) is 0 Å². The second-order valence-corrected chi connectivity index (χ2v) is 5.76. The fourth-order valence-electron chi connectivity index (χ4n) is 2.70. The third-order valence-electron chi connectivity index (χ3n) is 3.86. The summed E-state index contributed by atoms with van der Waals surface area (Å²) < 4.78 is 19.4. The average Bonchev–Trinajstić information content (AvgIpc) is 3.01. The molecule has 3 rings (SSSR count). The molecule has 0 saturated heterocycles. The van der Waals surface area contributed by atoms with Gasteiger partial charge in [-0.1, -0.05) is 0 Å². The van der Waals surface area contributed by atoms with Crippen molar-refractivity contribution < 1.29 is 13.9 Å². The number of aromatic nitrogens is 3. The van der Waals surface area contributed by atoms with Crippen molar-refractivity contribution in [3.8, 4) is 0 Å². The molecule has 1 aromatic carbocycles. The van der Waals surface area contributed by atoms with Gasteiger partial charge in [-0.2, -0.15) is 0 Å². The average molecular weight is 347 g/mol. The van der Waals surface area contributed by atoms with Gasteiger partial charge in [0.15, 0.2) is 0 Å². The molecule has 132 valence electrons. The number of nitrogens with one attached hydrogen (secondary N) is 1. The molecule has 1 atom stereocenters. The molecule has 1 aliphatic rings. The first kappa shape index (κ1) is 17.0. The Bertz CT molecular complexity index is 837. The van der Waals surface area contributed by atoms with E-state index in [-0.39, 0.29) is 17.6 Å². The molecule has 0 spiro atoms. The van der Waals surface area contributed by atoms with E-state index in [0.717, 1.165) is 0 Å². The van der Waals surface area contributed by atoms with Crippen molar-refractivity contribution in [3.63, 3.8) is 0 Å². The fraction of sp³-hybridized carbons (Fsp3) is 0.375. The van der Waals surface area contributed by atoms with Crippen LogP contribution in [-0.2, 0) is 11.3 Å². The topological polar surface area (TPSA) is 89.3 Å². The molecule has 0 saturated carbocycles. The number of anilines is 2. The van der Waals surface area contributed by atoms with Crippen LogP contribution in [0.1, 0.15) is 17.4 Å². The zero-order valence-corrected chi connectivity index (χ0v) is 13.9. The Balaban J connectivity index is 1.87. The van der Waals surface area contributed by atoms with Crippen LogP contribution in [0.2, 0.25) is 0 Å². The van der Waals surface area contributed by atoms with E-state index in [2.05, 4.69) is 15.5 Å². The van der Waals surface area contributed by atoms with E-state index in [0.29, 0.717) is 31.3 Å². The number of hydrogen-bond donors (Lipinski definition) is 1. The first-order valence-electron chi connectivity index (χ1n) is 7.81. The van der Waals surface area contributed by atoms with Crippen molar-refractivity contribution in [1.82, 2.24) is 20.1 Å². The fourth-order valence-corrected chi connectivity index (χ4v) is 2.70. The minimum absolute atomic E-state index is 0.257. The number of halogens is 1. The van der Waals surface area contributed by atoms with E-state index in [1.165, 1.54) is 23.8 Å². The van der Waals surface area contributed by atoms with Crippen LogP contribution in [0.25, 0.3) is 0 Å². The van der Waals surface area contributed by atoms with Crippen LogP contribution in [0.15, 0.2) is 29.1 Å². The lowest BCUT2D eigenvalue weighted by Crippen LogP contribution is -2.40. The zero-order chi connectivity index (χ0) is 18.0. The lowest BCUT2D eigenvalue weighted by Gasteiger charge is -2.16. The van der Waals surface area contributed by atoms with Crippen molar-refractivity contribution in [3.05, 3.63) is 46.1 Å². The number of hydrogen-bond acceptors (Lipinski definition) is 6. The highest BCUT2D eigenvalue weighted by atomic mass is 19.1. The monoisotopic (exact) mass is 347 g/mol. The Kier molecular flexibility index (Phi) is 4.75. The second kappa shape index (κ2) is 6.98. The predicted octanol–water partition coefficient (Wildman–Crippen LogP) is 0.694. The first-order chi connectivity index (χ1) is 12.0. The summed E-state index contributed by atoms with van der Waals surface area (Å²) >= 11 is 0. The molecule has 1 aromatic heterocycles. The molecule has 0 fully saturated rings. The molecule has 2 heterocycles. The van der Waals surface area contributed by atoms with Gasteiger partial charge in [0.2, 0.25) is 11.6 Å². The molecular weight excluding hydrogens is 329 g/mol. The number of carbonyl (C=O) groups is 1. The third-order valence-corrected chi connectivity index (χ3v) is 3.86. The minimum atomic E-state index is -0.586. The predicted molar refractivity (Wildman–Crippen MR) is 88.5 cm³/mol. The molecule has 1 unspecified atom stereocenters. The van der Waals surface area contributed by atoms with Crippen LogP contribution in [0.3, 0.4) is 0 Å². The van der Waals surface area contributed by atoms with Crippen molar-refractivity contribution >= 4 is 17.5 Å². The molecule has 1 aliphatic heterocycles. The lowest BCUT2D eigenvalue weighted by molar-refractivity contribution is 0.0897. The van der Waals surface area contributed by atoms with Crippen LogP contribution < -0.4 is 15.8 Å². The zero-order valence-electron chi connectivity index (χ0n) is 13.9. The number of carbonyl (C=O) groups excluding carboxylic acids is 1. The van der Waals surface area contributed by atoms with Gasteiger partial charge in [-0.25, -0.2) is 4.39 Å². The normalized spacial score (nSPS) is 14.3. The molecule has 1 N–H and O–H groups in total. The smallest absolute Gasteiger partial charge is 0.286 e. The standard InChI is InChI=1S/C16H18FN5O3/c1-10(9-25-2)18-14(23)13-15(24)22-8-7-21(16(22)20-19-13)12-5-3-11(17)4-6-12/h3-6,10H,7-9H2,1-2H3,(H,18,23). The Hall–Kier alpha value is -2.81. The highest BCUT2D eigenvalue weighted by Gasteiger charge is 2.27. The highest BCUT2D eigenvalue weighted by Crippen LogP contribution is 2.26. The minimum Gasteiger partial charge on any atom is -0.383 e. The summed E-state index contributed by atoms with van der Waals surface area (Å²) in [6.07, 6.45) is 0. The summed E-state index contributed by atoms with van der Waals surface area (Å²) in [6.45, 7) is 2.94. The number of ether oxygens (including phenoxy) is 1. The van der Waals surface area contributed by atoms with E-state index in [1.54, 1.807) is 24.0 Å². The van der Waals surface area contributed by atoms with Crippen LogP contribution in [0.4, 0.5) is 16.0 Å². The summed E-state index contributed by atoms with van der Waals surface area (Å²) in [4.78, 5) is 26.5. The van der Waals surface area contributed by atoms with Gasteiger partial charge in [0.25, 0.3) is 11.5 Å². The molecule has 9 heteroatoms. The summed E-state index contributed by atoms with van der Waals surface area (Å²) in [5.74, 6) is -0.598. The molecule has 2 aromatic rings. The Morgan fingerprint density at radius 1 is 1.32 bits per heavy atom. The van der Waals surface area contributed by atoms with E-state index >= 15 is 0 Å². The summed E-state index contributed by atoms with van der Waals surface area (Å²) in [5.41, 5.74) is -0.0587. The number of amides is 1. The van der Waals surface area contributed by atoms with Crippen LogP contribution >= 0.6 is 0 Å². The molecule has 0 radical (unpaired) electrons. The maximum atomic E-state index is 13.1. The van der Waals surface area contributed by atoms with E-state index in [4.69, 9.17) is 4.74 Å². The summed E-state index contributed by atoms with van der Waals surface area (Å²) in [5, 5.41) is 10.5. The number of fused-ring (bicyclic) bond motifs is 1. The Morgan fingerprint density at radius 3 is 2.72 bits per heavy atom. The SMILES string of the molecule is COCC(C)NC(=O)c1nnc2n(c1=O)CCN2c1ccc(F)cc1. The molecule has 0 bridgehead atoms. The van der Waals surface area contributed by atoms with Crippen LogP contribution in [0, 0.1) is 5.82 Å². The van der Waals surface area contributed by atoms with Crippen LogP contribution in [-0.4, -0.2) is 47.0 Å². The van der Waals surface area contributed by atoms with Gasteiger partial charge in [-0.3, -0.25) is 14.2 Å². The largest absolute Gasteiger partial charge is 0.383 e. The third kappa shape index (κ3) is 3.36. The number of benzene rings is 1. The van der Waals surface area contributed by atoms with Gasteiger partial charge in [0.1, 0.15) is 5.82 Å². The number of methoxy groups -OCH3 is 1. The number of rotatable bonds is 5. The second-order valence-electron chi connectivity index (χ2n) is 5.76. The van der Waals surface area contributed by atoms with Gasteiger partial charge in [-0.05, 0) is 31.2 Å². The quantitative estimate of drug-likeness (QED) is 0.856. The Labute approximate surface area is 143 Å². The van der Waals surface area contributed by atoms with Crippen molar-refractivity contribution in [2.75, 3.05) is 25.2 Å².